The van der Waals surface area contributed by atoms with Crippen LogP contribution in [0.2, 0.25) is 0 Å². The fraction of sp³-hybridized carbons (Fsp3) is 0.421. The minimum atomic E-state index is -0.175. The van der Waals surface area contributed by atoms with Crippen molar-refractivity contribution in [1.82, 2.24) is 19.9 Å². The van der Waals surface area contributed by atoms with Gasteiger partial charge in [-0.2, -0.15) is 0 Å². The fourth-order valence-electron chi connectivity index (χ4n) is 3.25. The van der Waals surface area contributed by atoms with Crippen LogP contribution in [0.25, 0.3) is 11.0 Å². The number of aryl methyl sites for hydroxylation is 2. The Bertz CT molecular complexity index is 921. The Labute approximate surface area is 146 Å². The summed E-state index contributed by atoms with van der Waals surface area (Å²) in [6.07, 6.45) is 4.09. The van der Waals surface area contributed by atoms with Gasteiger partial charge in [0.05, 0.1) is 11.0 Å². The molecule has 2 heterocycles. The number of carbonyl (C=O) groups is 1. The molecule has 1 aliphatic rings. The number of hydrogen-bond acceptors (Lipinski definition) is 4. The fourth-order valence-corrected chi connectivity index (χ4v) is 3.25. The van der Waals surface area contributed by atoms with Gasteiger partial charge < -0.3 is 14.3 Å². The number of hydrogen-bond donors (Lipinski definition) is 1. The van der Waals surface area contributed by atoms with E-state index >= 15 is 0 Å². The molecule has 0 radical (unpaired) electrons. The number of rotatable bonds is 5. The Morgan fingerprint density at radius 3 is 2.84 bits per heavy atom. The molecule has 0 bridgehead atoms. The molecule has 1 saturated carbocycles. The molecule has 0 spiro atoms. The second kappa shape index (κ2) is 6.35. The predicted octanol–water partition coefficient (Wildman–Crippen LogP) is 3.11. The monoisotopic (exact) mass is 338 g/mol. The second-order valence-corrected chi connectivity index (χ2v) is 6.67. The van der Waals surface area contributed by atoms with Crippen LogP contribution in [0.3, 0.4) is 0 Å². The summed E-state index contributed by atoms with van der Waals surface area (Å²) in [5.41, 5.74) is 2.48. The van der Waals surface area contributed by atoms with E-state index < -0.39 is 0 Å². The molecule has 0 saturated heterocycles. The lowest BCUT2D eigenvalue weighted by molar-refractivity contribution is 0.0948. The minimum Gasteiger partial charge on any atom is -0.445 e. The zero-order chi connectivity index (χ0) is 17.4. The number of benzene rings is 1. The summed E-state index contributed by atoms with van der Waals surface area (Å²) in [5.74, 6) is 2.48. The molecule has 0 aliphatic heterocycles. The summed E-state index contributed by atoms with van der Waals surface area (Å²) in [7, 11) is 2.00. The van der Waals surface area contributed by atoms with Crippen LogP contribution in [0.1, 0.15) is 53.1 Å². The van der Waals surface area contributed by atoms with E-state index in [2.05, 4.69) is 19.9 Å². The molecule has 1 amide bonds. The number of oxazole rings is 1. The second-order valence-electron chi connectivity index (χ2n) is 6.67. The molecule has 3 aromatic rings. The maximum atomic E-state index is 12.4. The predicted molar refractivity (Wildman–Crippen MR) is 94.6 cm³/mol. The first kappa shape index (κ1) is 15.9. The van der Waals surface area contributed by atoms with Crippen LogP contribution in [0, 0.1) is 6.92 Å². The number of nitrogens with zero attached hydrogens (tertiary/aromatic N) is 3. The Kier molecular flexibility index (Phi) is 4.03. The van der Waals surface area contributed by atoms with E-state index in [4.69, 9.17) is 4.42 Å². The Morgan fingerprint density at radius 2 is 2.12 bits per heavy atom. The Balaban J connectivity index is 1.40. The van der Waals surface area contributed by atoms with Crippen molar-refractivity contribution in [3.63, 3.8) is 0 Å². The van der Waals surface area contributed by atoms with Crippen molar-refractivity contribution >= 4 is 16.9 Å². The van der Waals surface area contributed by atoms with Crippen molar-refractivity contribution in [2.45, 2.75) is 38.5 Å². The number of fused-ring (bicyclic) bond motifs is 1. The third-order valence-electron chi connectivity index (χ3n) is 5.00. The summed E-state index contributed by atoms with van der Waals surface area (Å²) in [6, 6.07) is 8.03. The molecule has 0 atom stereocenters. The van der Waals surface area contributed by atoms with Crippen LogP contribution in [-0.4, -0.2) is 27.0 Å². The number of carbonyl (C=O) groups excluding carboxylic acids is 1. The van der Waals surface area contributed by atoms with Gasteiger partial charge in [-0.15, -0.1) is 0 Å². The highest BCUT2D eigenvalue weighted by molar-refractivity contribution is 5.93. The molecule has 4 rings (SSSR count). The van der Waals surface area contributed by atoms with Gasteiger partial charge in [-0.1, -0.05) is 18.6 Å². The first-order chi connectivity index (χ1) is 12.1. The topological polar surface area (TPSA) is 73.0 Å². The highest BCUT2D eigenvalue weighted by Crippen LogP contribution is 2.36. The molecule has 6 heteroatoms. The van der Waals surface area contributed by atoms with E-state index in [1.165, 1.54) is 6.42 Å². The third kappa shape index (κ3) is 2.92. The molecule has 130 valence electrons. The van der Waals surface area contributed by atoms with Gasteiger partial charge in [0.15, 0.2) is 11.6 Å². The third-order valence-corrected chi connectivity index (χ3v) is 5.00. The highest BCUT2D eigenvalue weighted by atomic mass is 16.4. The van der Waals surface area contributed by atoms with Gasteiger partial charge in [0, 0.05) is 25.9 Å². The lowest BCUT2D eigenvalue weighted by Gasteiger charge is -2.21. The summed E-state index contributed by atoms with van der Waals surface area (Å²) in [6.45, 7) is 2.32. The van der Waals surface area contributed by atoms with Gasteiger partial charge in [-0.3, -0.25) is 4.79 Å². The van der Waals surface area contributed by atoms with Crippen LogP contribution < -0.4 is 5.32 Å². The number of amides is 1. The van der Waals surface area contributed by atoms with Crippen molar-refractivity contribution in [3.05, 3.63) is 47.4 Å². The van der Waals surface area contributed by atoms with Crippen LogP contribution in [0.4, 0.5) is 0 Å². The zero-order valence-corrected chi connectivity index (χ0v) is 14.6. The molecule has 0 unspecified atom stereocenters. The Hall–Kier alpha value is -2.63. The van der Waals surface area contributed by atoms with Gasteiger partial charge in [-0.05, 0) is 31.9 Å². The number of para-hydroxylation sites is 2. The zero-order valence-electron chi connectivity index (χ0n) is 14.6. The molecule has 1 fully saturated rings. The largest absolute Gasteiger partial charge is 0.445 e. The lowest BCUT2D eigenvalue weighted by atomic mass is 9.85. The van der Waals surface area contributed by atoms with E-state index in [-0.39, 0.29) is 5.91 Å². The minimum absolute atomic E-state index is 0.175. The van der Waals surface area contributed by atoms with Gasteiger partial charge in [0.2, 0.25) is 0 Å². The average Bonchev–Trinajstić information content (AvgIpc) is 3.07. The smallest absolute Gasteiger partial charge is 0.273 e. The lowest BCUT2D eigenvalue weighted by Crippen LogP contribution is -2.27. The van der Waals surface area contributed by atoms with Gasteiger partial charge >= 0.3 is 0 Å². The van der Waals surface area contributed by atoms with E-state index in [1.807, 2.05) is 31.3 Å². The molecule has 1 aliphatic carbocycles. The van der Waals surface area contributed by atoms with E-state index in [1.54, 1.807) is 6.92 Å². The van der Waals surface area contributed by atoms with Gasteiger partial charge in [0.25, 0.3) is 5.91 Å². The van der Waals surface area contributed by atoms with Crippen LogP contribution >= 0.6 is 0 Å². The van der Waals surface area contributed by atoms with E-state index in [0.717, 1.165) is 29.7 Å². The van der Waals surface area contributed by atoms with Crippen molar-refractivity contribution in [2.75, 3.05) is 6.54 Å². The molecule has 2 aromatic heterocycles. The van der Waals surface area contributed by atoms with E-state index in [0.29, 0.717) is 36.2 Å². The van der Waals surface area contributed by atoms with Crippen molar-refractivity contribution in [1.29, 1.82) is 0 Å². The summed E-state index contributed by atoms with van der Waals surface area (Å²) >= 11 is 0. The van der Waals surface area contributed by atoms with E-state index in [9.17, 15) is 4.79 Å². The number of imidazole rings is 1. The average molecular weight is 338 g/mol. The molecular formula is C19H22N4O2. The number of aromatic nitrogens is 3. The van der Waals surface area contributed by atoms with Crippen LogP contribution in [0.15, 0.2) is 28.7 Å². The van der Waals surface area contributed by atoms with Gasteiger partial charge in [0.1, 0.15) is 11.6 Å². The van der Waals surface area contributed by atoms with Crippen molar-refractivity contribution in [3.8, 4) is 0 Å². The SMILES string of the molecule is Cc1oc(C2CCC2)nc1C(=O)NCCc1nc2ccccc2n1C. The maximum Gasteiger partial charge on any atom is 0.273 e. The molecule has 1 N–H and O–H groups in total. The molecule has 1 aromatic carbocycles. The molecular weight excluding hydrogens is 316 g/mol. The summed E-state index contributed by atoms with van der Waals surface area (Å²) in [4.78, 5) is 21.4. The summed E-state index contributed by atoms with van der Waals surface area (Å²) < 4.78 is 7.74. The molecule has 6 nitrogen and oxygen atoms in total. The van der Waals surface area contributed by atoms with Crippen molar-refractivity contribution < 1.29 is 9.21 Å². The molecule has 25 heavy (non-hydrogen) atoms. The highest BCUT2D eigenvalue weighted by Gasteiger charge is 2.27. The standard InChI is InChI=1S/C19H22N4O2/c1-12-17(22-19(25-12)13-6-5-7-13)18(24)20-11-10-16-21-14-8-3-4-9-15(14)23(16)2/h3-4,8-9,13H,5-7,10-11H2,1-2H3,(H,20,24). The normalized spacial score (nSPS) is 14.6. The first-order valence-corrected chi connectivity index (χ1v) is 8.79. The number of nitrogens with one attached hydrogen (secondary N) is 1. The van der Waals surface area contributed by atoms with Crippen molar-refractivity contribution in [2.24, 2.45) is 7.05 Å². The van der Waals surface area contributed by atoms with Crippen LogP contribution in [-0.2, 0) is 13.5 Å². The summed E-state index contributed by atoms with van der Waals surface area (Å²) in [5, 5.41) is 2.93. The van der Waals surface area contributed by atoms with Gasteiger partial charge in [-0.25, -0.2) is 9.97 Å². The maximum absolute atomic E-state index is 12.4. The quantitative estimate of drug-likeness (QED) is 0.776. The Morgan fingerprint density at radius 1 is 1.32 bits per heavy atom. The first-order valence-electron chi connectivity index (χ1n) is 8.79. The van der Waals surface area contributed by atoms with Crippen LogP contribution in [0.5, 0.6) is 0 Å².